The Morgan fingerprint density at radius 3 is 2.45 bits per heavy atom. The van der Waals surface area contributed by atoms with E-state index in [2.05, 4.69) is 5.32 Å². The molecule has 4 aromatic rings. The van der Waals surface area contributed by atoms with Crippen molar-refractivity contribution in [1.29, 1.82) is 0 Å². The molecule has 0 aliphatic rings. The topological polar surface area (TPSA) is 47.8 Å². The van der Waals surface area contributed by atoms with Crippen LogP contribution in [0.5, 0.6) is 11.5 Å². The van der Waals surface area contributed by atoms with Gasteiger partial charge in [-0.05, 0) is 54.4 Å². The predicted octanol–water partition coefficient (Wildman–Crippen LogP) is 5.08. The van der Waals surface area contributed by atoms with Gasteiger partial charge in [-0.1, -0.05) is 18.2 Å². The van der Waals surface area contributed by atoms with Crippen LogP contribution in [0.15, 0.2) is 60.8 Å². The van der Waals surface area contributed by atoms with Crippen molar-refractivity contribution < 1.29 is 13.9 Å². The Balaban J connectivity index is 1.79. The highest BCUT2D eigenvalue weighted by Gasteiger charge is 2.16. The minimum absolute atomic E-state index is 0.245. The first-order valence-corrected chi connectivity index (χ1v) is 9.28. The van der Waals surface area contributed by atoms with Crippen LogP contribution in [0.1, 0.15) is 11.1 Å². The number of fused-ring (bicyclic) bond motifs is 1. The average molecular weight is 391 g/mol. The molecule has 0 atom stereocenters. The van der Waals surface area contributed by atoms with Gasteiger partial charge in [0.05, 0.1) is 14.2 Å². The summed E-state index contributed by atoms with van der Waals surface area (Å²) in [6.07, 6.45) is 2.04. The Morgan fingerprint density at radius 1 is 0.966 bits per heavy atom. The molecule has 29 heavy (non-hydrogen) atoms. The monoisotopic (exact) mass is 391 g/mol. The molecule has 0 fully saturated rings. The van der Waals surface area contributed by atoms with Crippen molar-refractivity contribution in [2.45, 2.75) is 13.5 Å². The molecule has 0 bridgehead atoms. The molecule has 2 aromatic heterocycles. The lowest BCUT2D eigenvalue weighted by molar-refractivity contribution is 0.355. The lowest BCUT2D eigenvalue weighted by atomic mass is 10.1. The normalized spacial score (nSPS) is 10.9. The number of methoxy groups -OCH3 is 2. The van der Waals surface area contributed by atoms with E-state index in [1.165, 1.54) is 12.1 Å². The van der Waals surface area contributed by atoms with Crippen molar-refractivity contribution in [3.8, 4) is 22.8 Å². The van der Waals surface area contributed by atoms with E-state index in [0.29, 0.717) is 18.0 Å². The maximum atomic E-state index is 13.2. The van der Waals surface area contributed by atoms with Gasteiger partial charge in [0.25, 0.3) is 0 Å². The molecule has 0 saturated carbocycles. The highest BCUT2D eigenvalue weighted by atomic mass is 19.1. The van der Waals surface area contributed by atoms with Crippen LogP contribution >= 0.6 is 0 Å². The van der Waals surface area contributed by atoms with Gasteiger partial charge < -0.3 is 14.8 Å². The molecule has 0 radical (unpaired) electrons. The molecule has 0 amide bonds. The first kappa shape index (κ1) is 18.8. The standard InChI is InChI=1S/C23H22FN3O2/c1-15-4-11-21-26-22(17-7-10-19(28-2)20(12-17)29-3)23(27(21)14-15)25-13-16-5-8-18(24)9-6-16/h4-12,14,25H,13H2,1-3H3. The zero-order valence-corrected chi connectivity index (χ0v) is 16.6. The Kier molecular flexibility index (Phi) is 5.08. The van der Waals surface area contributed by atoms with Gasteiger partial charge in [-0.3, -0.25) is 4.40 Å². The minimum Gasteiger partial charge on any atom is -0.493 e. The maximum Gasteiger partial charge on any atom is 0.161 e. The zero-order valence-electron chi connectivity index (χ0n) is 16.6. The van der Waals surface area contributed by atoms with Gasteiger partial charge in [-0.25, -0.2) is 9.37 Å². The first-order chi connectivity index (χ1) is 14.1. The number of hydrogen-bond donors (Lipinski definition) is 1. The number of pyridine rings is 1. The largest absolute Gasteiger partial charge is 0.493 e. The quantitative estimate of drug-likeness (QED) is 0.498. The van der Waals surface area contributed by atoms with Gasteiger partial charge in [0.15, 0.2) is 11.5 Å². The fraction of sp³-hybridized carbons (Fsp3) is 0.174. The number of nitrogens with zero attached hydrogens (tertiary/aromatic N) is 2. The predicted molar refractivity (Wildman–Crippen MR) is 112 cm³/mol. The van der Waals surface area contributed by atoms with Gasteiger partial charge in [0, 0.05) is 18.3 Å². The Morgan fingerprint density at radius 2 is 1.72 bits per heavy atom. The molecule has 0 unspecified atom stereocenters. The minimum atomic E-state index is -0.245. The molecular formula is C23H22FN3O2. The van der Waals surface area contributed by atoms with E-state index in [-0.39, 0.29) is 5.82 Å². The highest BCUT2D eigenvalue weighted by Crippen LogP contribution is 2.35. The summed E-state index contributed by atoms with van der Waals surface area (Å²) in [5.74, 6) is 1.92. The lowest BCUT2D eigenvalue weighted by Crippen LogP contribution is -2.04. The van der Waals surface area contributed by atoms with E-state index in [9.17, 15) is 4.39 Å². The summed E-state index contributed by atoms with van der Waals surface area (Å²) < 4.78 is 26.1. The van der Waals surface area contributed by atoms with E-state index in [1.54, 1.807) is 26.4 Å². The number of anilines is 1. The van der Waals surface area contributed by atoms with Crippen LogP contribution in [0.25, 0.3) is 16.9 Å². The summed E-state index contributed by atoms with van der Waals surface area (Å²) in [6, 6.07) is 16.2. The average Bonchev–Trinajstić information content (AvgIpc) is 3.10. The van der Waals surface area contributed by atoms with Crippen molar-refractivity contribution in [2.24, 2.45) is 0 Å². The first-order valence-electron chi connectivity index (χ1n) is 9.28. The summed E-state index contributed by atoms with van der Waals surface area (Å²) >= 11 is 0. The second-order valence-electron chi connectivity index (χ2n) is 6.79. The number of hydrogen-bond acceptors (Lipinski definition) is 4. The van der Waals surface area contributed by atoms with Crippen molar-refractivity contribution in [3.63, 3.8) is 0 Å². The molecule has 148 valence electrons. The van der Waals surface area contributed by atoms with E-state index in [1.807, 2.05) is 47.9 Å². The summed E-state index contributed by atoms with van der Waals surface area (Å²) in [4.78, 5) is 4.83. The van der Waals surface area contributed by atoms with Gasteiger partial charge in [0.1, 0.15) is 23.0 Å². The third-order valence-electron chi connectivity index (χ3n) is 4.80. The number of benzene rings is 2. The number of ether oxygens (including phenoxy) is 2. The van der Waals surface area contributed by atoms with Crippen LogP contribution in [0, 0.1) is 12.7 Å². The van der Waals surface area contributed by atoms with Crippen molar-refractivity contribution in [2.75, 3.05) is 19.5 Å². The van der Waals surface area contributed by atoms with Gasteiger partial charge in [0.2, 0.25) is 0 Å². The Hall–Kier alpha value is -3.54. The van der Waals surface area contributed by atoms with Crippen LogP contribution < -0.4 is 14.8 Å². The number of aryl methyl sites for hydroxylation is 1. The van der Waals surface area contributed by atoms with Crippen LogP contribution in [0.2, 0.25) is 0 Å². The Bertz CT molecular complexity index is 1150. The third-order valence-corrected chi connectivity index (χ3v) is 4.80. The molecule has 0 aliphatic carbocycles. The van der Waals surface area contributed by atoms with Crippen molar-refractivity contribution >= 4 is 11.5 Å². The van der Waals surface area contributed by atoms with Gasteiger partial charge in [-0.15, -0.1) is 0 Å². The van der Waals surface area contributed by atoms with Crippen molar-refractivity contribution in [1.82, 2.24) is 9.38 Å². The molecule has 0 aliphatic heterocycles. The number of nitrogens with one attached hydrogen (secondary N) is 1. The molecule has 2 aromatic carbocycles. The zero-order chi connectivity index (χ0) is 20.4. The molecule has 0 saturated heterocycles. The van der Waals surface area contributed by atoms with Crippen LogP contribution in [0.4, 0.5) is 10.2 Å². The lowest BCUT2D eigenvalue weighted by Gasteiger charge is -2.12. The molecular weight excluding hydrogens is 369 g/mol. The van der Waals surface area contributed by atoms with E-state index in [4.69, 9.17) is 14.5 Å². The molecule has 2 heterocycles. The maximum absolute atomic E-state index is 13.2. The SMILES string of the molecule is COc1ccc(-c2nc3ccc(C)cn3c2NCc2ccc(F)cc2)cc1OC. The second-order valence-corrected chi connectivity index (χ2v) is 6.79. The van der Waals surface area contributed by atoms with Crippen molar-refractivity contribution in [3.05, 3.63) is 77.7 Å². The molecule has 0 spiro atoms. The molecule has 6 heteroatoms. The third kappa shape index (κ3) is 3.74. The fourth-order valence-corrected chi connectivity index (χ4v) is 3.29. The Labute approximate surface area is 168 Å². The molecule has 1 N–H and O–H groups in total. The van der Waals surface area contributed by atoms with E-state index < -0.39 is 0 Å². The number of imidazole rings is 1. The van der Waals surface area contributed by atoms with Gasteiger partial charge >= 0.3 is 0 Å². The van der Waals surface area contributed by atoms with Crippen LogP contribution in [-0.4, -0.2) is 23.6 Å². The highest BCUT2D eigenvalue weighted by molar-refractivity contribution is 5.78. The summed E-state index contributed by atoms with van der Waals surface area (Å²) in [5.41, 5.74) is 4.65. The molecule has 4 rings (SSSR count). The van der Waals surface area contributed by atoms with E-state index >= 15 is 0 Å². The summed E-state index contributed by atoms with van der Waals surface area (Å²) in [5, 5.41) is 3.47. The number of halogens is 1. The van der Waals surface area contributed by atoms with E-state index in [0.717, 1.165) is 33.8 Å². The number of aromatic nitrogens is 2. The van der Waals surface area contributed by atoms with Crippen LogP contribution in [-0.2, 0) is 6.54 Å². The van der Waals surface area contributed by atoms with Gasteiger partial charge in [-0.2, -0.15) is 0 Å². The molecule has 5 nitrogen and oxygen atoms in total. The summed E-state index contributed by atoms with van der Waals surface area (Å²) in [6.45, 7) is 2.58. The second kappa shape index (κ2) is 7.83. The number of rotatable bonds is 6. The fourth-order valence-electron chi connectivity index (χ4n) is 3.29. The smallest absolute Gasteiger partial charge is 0.161 e. The van der Waals surface area contributed by atoms with Crippen LogP contribution in [0.3, 0.4) is 0 Å². The summed E-state index contributed by atoms with van der Waals surface area (Å²) in [7, 11) is 3.23.